The smallest absolute Gasteiger partial charge is 0.307 e. The number of thiazole rings is 1. The molecule has 18 heavy (non-hydrogen) atoms. The number of esters is 1. The molecule has 102 valence electrons. The fourth-order valence-electron chi connectivity index (χ4n) is 1.48. The fourth-order valence-corrected chi connectivity index (χ4v) is 2.33. The fraction of sp³-hybridized carbons (Fsp3) is 0.692. The Bertz CT molecular complexity index is 396. The molecule has 0 amide bonds. The number of aryl methyl sites for hydroxylation is 1. The first-order valence-corrected chi connectivity index (χ1v) is 6.95. The zero-order chi connectivity index (χ0) is 13.8. The molecule has 0 bridgehead atoms. The first-order chi connectivity index (χ1) is 8.28. The molecule has 0 radical (unpaired) electrons. The van der Waals surface area contributed by atoms with Crippen LogP contribution in [0.3, 0.4) is 0 Å². The van der Waals surface area contributed by atoms with Gasteiger partial charge in [-0.2, -0.15) is 0 Å². The lowest BCUT2D eigenvalue weighted by atomic mass is 10.2. The molecule has 0 N–H and O–H groups in total. The van der Waals surface area contributed by atoms with Gasteiger partial charge in [0.15, 0.2) is 0 Å². The van der Waals surface area contributed by atoms with E-state index in [1.165, 1.54) is 4.88 Å². The quantitative estimate of drug-likeness (QED) is 0.771. The van der Waals surface area contributed by atoms with Crippen LogP contribution >= 0.6 is 11.3 Å². The van der Waals surface area contributed by atoms with Crippen molar-refractivity contribution in [1.82, 2.24) is 9.88 Å². The molecular formula is C13H22N2O2S. The minimum Gasteiger partial charge on any atom is -0.460 e. The SMILES string of the molecule is Cc1ncsc1CN(C)CCC(=O)OC(C)(C)C. The number of ether oxygens (including phenoxy) is 1. The third-order valence-corrected chi connectivity index (χ3v) is 3.30. The predicted molar refractivity (Wildman–Crippen MR) is 73.6 cm³/mol. The summed E-state index contributed by atoms with van der Waals surface area (Å²) >= 11 is 1.65. The van der Waals surface area contributed by atoms with Gasteiger partial charge in [-0.25, -0.2) is 4.98 Å². The van der Waals surface area contributed by atoms with Gasteiger partial charge in [0.05, 0.1) is 17.6 Å². The van der Waals surface area contributed by atoms with Crippen molar-refractivity contribution in [3.8, 4) is 0 Å². The highest BCUT2D eigenvalue weighted by atomic mass is 32.1. The molecule has 0 aromatic carbocycles. The van der Waals surface area contributed by atoms with Crippen molar-refractivity contribution < 1.29 is 9.53 Å². The number of hydrogen-bond donors (Lipinski definition) is 0. The molecule has 1 aromatic heterocycles. The lowest BCUT2D eigenvalue weighted by Crippen LogP contribution is -2.27. The van der Waals surface area contributed by atoms with Gasteiger partial charge in [-0.05, 0) is 34.7 Å². The Hall–Kier alpha value is -0.940. The Labute approximate surface area is 113 Å². The van der Waals surface area contributed by atoms with Crippen LogP contribution < -0.4 is 0 Å². The zero-order valence-electron chi connectivity index (χ0n) is 11.8. The first-order valence-electron chi connectivity index (χ1n) is 6.07. The Kier molecular flexibility index (Phi) is 5.28. The Morgan fingerprint density at radius 2 is 2.17 bits per heavy atom. The van der Waals surface area contributed by atoms with Crippen LogP contribution in [-0.2, 0) is 16.1 Å². The topological polar surface area (TPSA) is 42.4 Å². The van der Waals surface area contributed by atoms with Gasteiger partial charge in [0.25, 0.3) is 0 Å². The maximum Gasteiger partial charge on any atom is 0.307 e. The minimum absolute atomic E-state index is 0.143. The van der Waals surface area contributed by atoms with Crippen molar-refractivity contribution in [1.29, 1.82) is 0 Å². The van der Waals surface area contributed by atoms with E-state index in [0.717, 1.165) is 12.2 Å². The lowest BCUT2D eigenvalue weighted by molar-refractivity contribution is -0.155. The first kappa shape index (κ1) is 15.1. The van der Waals surface area contributed by atoms with Crippen molar-refractivity contribution in [2.45, 2.75) is 46.3 Å². The summed E-state index contributed by atoms with van der Waals surface area (Å²) in [6.45, 7) is 9.19. The van der Waals surface area contributed by atoms with Crippen LogP contribution in [0.4, 0.5) is 0 Å². The molecule has 0 unspecified atom stereocenters. The van der Waals surface area contributed by atoms with Crippen LogP contribution in [0.1, 0.15) is 37.8 Å². The summed E-state index contributed by atoms with van der Waals surface area (Å²) in [6.07, 6.45) is 0.422. The second-order valence-corrected chi connectivity index (χ2v) is 6.37. The summed E-state index contributed by atoms with van der Waals surface area (Å²) in [5, 5.41) is 0. The normalized spacial score (nSPS) is 11.9. The van der Waals surface area contributed by atoms with Gasteiger partial charge in [-0.15, -0.1) is 11.3 Å². The van der Waals surface area contributed by atoms with Crippen LogP contribution in [0.25, 0.3) is 0 Å². The van der Waals surface area contributed by atoms with Crippen molar-refractivity contribution in [3.63, 3.8) is 0 Å². The zero-order valence-corrected chi connectivity index (χ0v) is 12.6. The number of aromatic nitrogens is 1. The van der Waals surface area contributed by atoms with Crippen LogP contribution in [0, 0.1) is 6.92 Å². The molecular weight excluding hydrogens is 248 g/mol. The van der Waals surface area contributed by atoms with Gasteiger partial charge >= 0.3 is 5.97 Å². The largest absolute Gasteiger partial charge is 0.460 e. The maximum atomic E-state index is 11.6. The lowest BCUT2D eigenvalue weighted by Gasteiger charge is -2.21. The molecule has 0 aliphatic heterocycles. The van der Waals surface area contributed by atoms with E-state index in [1.807, 2.05) is 40.3 Å². The number of rotatable bonds is 5. The molecule has 0 saturated heterocycles. The van der Waals surface area contributed by atoms with Gasteiger partial charge < -0.3 is 9.64 Å². The minimum atomic E-state index is -0.399. The van der Waals surface area contributed by atoms with E-state index >= 15 is 0 Å². The number of carbonyl (C=O) groups is 1. The van der Waals surface area contributed by atoms with Gasteiger partial charge in [-0.1, -0.05) is 0 Å². The molecule has 4 nitrogen and oxygen atoms in total. The van der Waals surface area contributed by atoms with E-state index in [4.69, 9.17) is 4.74 Å². The van der Waals surface area contributed by atoms with Crippen molar-refractivity contribution in [2.75, 3.05) is 13.6 Å². The van der Waals surface area contributed by atoms with Crippen molar-refractivity contribution in [3.05, 3.63) is 16.1 Å². The van der Waals surface area contributed by atoms with E-state index < -0.39 is 5.60 Å². The molecule has 0 atom stereocenters. The Balaban J connectivity index is 2.31. The molecule has 1 aromatic rings. The Morgan fingerprint density at radius 1 is 1.50 bits per heavy atom. The van der Waals surface area contributed by atoms with Crippen LogP contribution in [0.2, 0.25) is 0 Å². The number of hydrogen-bond acceptors (Lipinski definition) is 5. The highest BCUT2D eigenvalue weighted by molar-refractivity contribution is 7.09. The monoisotopic (exact) mass is 270 g/mol. The Morgan fingerprint density at radius 3 is 2.67 bits per heavy atom. The molecule has 0 fully saturated rings. The summed E-state index contributed by atoms with van der Waals surface area (Å²) in [4.78, 5) is 19.2. The maximum absolute atomic E-state index is 11.6. The average molecular weight is 270 g/mol. The van der Waals surface area contributed by atoms with Gasteiger partial charge in [0.1, 0.15) is 5.60 Å². The van der Waals surface area contributed by atoms with E-state index in [9.17, 15) is 4.79 Å². The van der Waals surface area contributed by atoms with Crippen LogP contribution in [0.5, 0.6) is 0 Å². The molecule has 0 aliphatic carbocycles. The van der Waals surface area contributed by atoms with Gasteiger partial charge in [0.2, 0.25) is 0 Å². The van der Waals surface area contributed by atoms with E-state index in [-0.39, 0.29) is 5.97 Å². The standard InChI is InChI=1S/C13H22N2O2S/c1-10-11(18-9-14-10)8-15(5)7-6-12(16)17-13(2,3)4/h9H,6-8H2,1-5H3. The molecule has 1 rings (SSSR count). The van der Waals surface area contributed by atoms with Crippen LogP contribution in [0.15, 0.2) is 5.51 Å². The van der Waals surface area contributed by atoms with Gasteiger partial charge in [0, 0.05) is 18.0 Å². The highest BCUT2D eigenvalue weighted by Gasteiger charge is 2.16. The molecule has 0 aliphatic rings. The third kappa shape index (κ3) is 5.60. The van der Waals surface area contributed by atoms with Crippen molar-refractivity contribution in [2.24, 2.45) is 0 Å². The summed E-state index contributed by atoms with van der Waals surface area (Å²) in [6, 6.07) is 0. The third-order valence-electron chi connectivity index (χ3n) is 2.38. The summed E-state index contributed by atoms with van der Waals surface area (Å²) in [5.74, 6) is -0.143. The second-order valence-electron chi connectivity index (χ2n) is 5.44. The van der Waals surface area contributed by atoms with E-state index in [2.05, 4.69) is 9.88 Å². The summed E-state index contributed by atoms with van der Waals surface area (Å²) in [5.41, 5.74) is 2.53. The van der Waals surface area contributed by atoms with Crippen LogP contribution in [-0.4, -0.2) is 35.0 Å². The van der Waals surface area contributed by atoms with Gasteiger partial charge in [-0.3, -0.25) is 4.79 Å². The summed E-state index contributed by atoms with van der Waals surface area (Å²) in [7, 11) is 2.00. The molecule has 0 saturated carbocycles. The molecule has 5 heteroatoms. The van der Waals surface area contributed by atoms with Crippen molar-refractivity contribution >= 4 is 17.3 Å². The number of nitrogens with zero attached hydrogens (tertiary/aromatic N) is 2. The average Bonchev–Trinajstić information content (AvgIpc) is 2.59. The molecule has 0 spiro atoms. The predicted octanol–water partition coefficient (Wildman–Crippen LogP) is 2.62. The highest BCUT2D eigenvalue weighted by Crippen LogP contribution is 2.14. The number of carbonyl (C=O) groups excluding carboxylic acids is 1. The second kappa shape index (κ2) is 6.29. The van der Waals surface area contributed by atoms with E-state index in [0.29, 0.717) is 13.0 Å². The van der Waals surface area contributed by atoms with E-state index in [1.54, 1.807) is 11.3 Å². The summed E-state index contributed by atoms with van der Waals surface area (Å²) < 4.78 is 5.27. The molecule has 1 heterocycles.